The molecule has 0 N–H and O–H groups in total. The Morgan fingerprint density at radius 3 is 2.58 bits per heavy atom. The third-order valence-electron chi connectivity index (χ3n) is 6.09. The fraction of sp³-hybridized carbons (Fsp3) is 0.207. The molecule has 0 radical (unpaired) electrons. The van der Waals surface area contributed by atoms with Gasteiger partial charge in [-0.2, -0.15) is 4.99 Å². The number of fused-ring (bicyclic) bond motifs is 2. The monoisotopic (exact) mass is 560 g/mol. The van der Waals surface area contributed by atoms with Crippen molar-refractivity contribution in [2.75, 3.05) is 6.61 Å². The van der Waals surface area contributed by atoms with E-state index in [2.05, 4.69) is 9.98 Å². The van der Waals surface area contributed by atoms with Crippen molar-refractivity contribution in [2.24, 2.45) is 4.99 Å². The van der Waals surface area contributed by atoms with Gasteiger partial charge in [0, 0.05) is 11.2 Å². The maximum Gasteiger partial charge on any atom is 0.341 e. The third kappa shape index (κ3) is 5.26. The van der Waals surface area contributed by atoms with Crippen LogP contribution in [0.15, 0.2) is 87.3 Å². The number of nitrogens with zero attached hydrogens (tertiary/aromatic N) is 4. The summed E-state index contributed by atoms with van der Waals surface area (Å²) in [6.07, 6.45) is 3.08. The zero-order valence-electron chi connectivity index (χ0n) is 22.0. The van der Waals surface area contributed by atoms with Gasteiger partial charge in [-0.15, -0.1) is 0 Å². The molecule has 0 saturated carbocycles. The lowest BCUT2D eigenvalue weighted by Crippen LogP contribution is -2.40. The second-order valence-electron chi connectivity index (χ2n) is 9.33. The molecule has 0 aliphatic carbocycles. The summed E-state index contributed by atoms with van der Waals surface area (Å²) >= 11 is 5.97. The summed E-state index contributed by atoms with van der Waals surface area (Å²) in [7, 11) is 0. The fourth-order valence-electron chi connectivity index (χ4n) is 4.14. The number of amides is 1. The Morgan fingerprint density at radius 2 is 1.88 bits per heavy atom. The maximum atomic E-state index is 13.6. The summed E-state index contributed by atoms with van der Waals surface area (Å²) in [5, 5.41) is 0.660. The van der Waals surface area contributed by atoms with Crippen LogP contribution in [0.1, 0.15) is 36.9 Å². The lowest BCUT2D eigenvalue weighted by atomic mass is 10.1. The predicted octanol–water partition coefficient (Wildman–Crippen LogP) is 4.41. The molecule has 0 unspecified atom stereocenters. The molecule has 0 spiro atoms. The van der Waals surface area contributed by atoms with Gasteiger partial charge in [0.2, 0.25) is 0 Å². The van der Waals surface area contributed by atoms with Gasteiger partial charge in [0.1, 0.15) is 28.4 Å². The third-order valence-corrected chi connectivity index (χ3v) is 6.34. The Morgan fingerprint density at radius 1 is 1.10 bits per heavy atom. The molecule has 1 aromatic carbocycles. The number of rotatable bonds is 7. The van der Waals surface area contributed by atoms with Crippen molar-refractivity contribution in [3.63, 3.8) is 0 Å². The molecule has 0 atom stereocenters. The number of halogens is 1. The summed E-state index contributed by atoms with van der Waals surface area (Å²) in [5.74, 6) is -0.536. The zero-order valence-corrected chi connectivity index (χ0v) is 22.7. The molecule has 10 nitrogen and oxygen atoms in total. The largest absolute Gasteiger partial charge is 0.478 e. The SMILES string of the molecule is CCOC(=O)c1cc2c(=O)n3ccccc3nc2n(Cc2ccco2)c1=NC(=O)C(C)(C)Oc1ccc(Cl)cc1. The maximum absolute atomic E-state index is 13.6. The number of aromatic nitrogens is 3. The Labute approximate surface area is 233 Å². The van der Waals surface area contributed by atoms with Gasteiger partial charge in [-0.05, 0) is 75.4 Å². The van der Waals surface area contributed by atoms with Crippen LogP contribution >= 0.6 is 11.6 Å². The first-order valence-corrected chi connectivity index (χ1v) is 12.8. The van der Waals surface area contributed by atoms with E-state index in [0.717, 1.165) is 0 Å². The molecule has 0 aliphatic heterocycles. The number of esters is 1. The van der Waals surface area contributed by atoms with E-state index in [1.54, 1.807) is 81.6 Å². The molecule has 4 heterocycles. The average Bonchev–Trinajstić information content (AvgIpc) is 3.45. The number of hydrogen-bond donors (Lipinski definition) is 0. The molecule has 0 fully saturated rings. The number of carbonyl (C=O) groups is 2. The van der Waals surface area contributed by atoms with Crippen molar-refractivity contribution in [3.8, 4) is 5.75 Å². The highest BCUT2D eigenvalue weighted by molar-refractivity contribution is 6.30. The molecule has 0 bridgehead atoms. The molecule has 5 aromatic rings. The lowest BCUT2D eigenvalue weighted by Gasteiger charge is -2.23. The van der Waals surface area contributed by atoms with Gasteiger partial charge >= 0.3 is 5.97 Å². The number of furan rings is 1. The van der Waals surface area contributed by atoms with Crippen molar-refractivity contribution < 1.29 is 23.5 Å². The van der Waals surface area contributed by atoms with Gasteiger partial charge in [-0.1, -0.05) is 17.7 Å². The van der Waals surface area contributed by atoms with Crippen molar-refractivity contribution in [3.05, 3.63) is 105 Å². The first-order valence-electron chi connectivity index (χ1n) is 12.5. The van der Waals surface area contributed by atoms with Crippen molar-refractivity contribution in [2.45, 2.75) is 32.9 Å². The smallest absolute Gasteiger partial charge is 0.341 e. The molecule has 5 rings (SSSR count). The van der Waals surface area contributed by atoms with E-state index in [9.17, 15) is 14.4 Å². The minimum atomic E-state index is -1.44. The first-order chi connectivity index (χ1) is 19.2. The molecule has 4 aromatic heterocycles. The first kappa shape index (κ1) is 26.9. The van der Waals surface area contributed by atoms with Crippen LogP contribution in [-0.4, -0.2) is 38.0 Å². The van der Waals surface area contributed by atoms with Gasteiger partial charge in [0.15, 0.2) is 11.1 Å². The summed E-state index contributed by atoms with van der Waals surface area (Å²) in [4.78, 5) is 49.4. The number of ether oxygens (including phenoxy) is 2. The summed E-state index contributed by atoms with van der Waals surface area (Å²) < 4.78 is 19.7. The lowest BCUT2D eigenvalue weighted by molar-refractivity contribution is -0.130. The highest BCUT2D eigenvalue weighted by Gasteiger charge is 2.31. The van der Waals surface area contributed by atoms with Crippen LogP contribution < -0.4 is 15.8 Å². The topological polar surface area (TPSA) is 117 Å². The van der Waals surface area contributed by atoms with E-state index in [1.165, 1.54) is 21.3 Å². The quantitative estimate of drug-likeness (QED) is 0.214. The van der Waals surface area contributed by atoms with Crippen LogP contribution in [0.25, 0.3) is 16.7 Å². The molecule has 0 aliphatic rings. The van der Waals surface area contributed by atoms with Crippen molar-refractivity contribution >= 4 is 40.2 Å². The standard InChI is InChI=1S/C29H25ClN4O6/c1-4-38-27(36)22-16-21-24(31-23-9-5-6-14-33(23)26(21)35)34(17-20-8-7-15-39-20)25(22)32-28(37)29(2,3)40-19-12-10-18(30)11-13-19/h5-16H,4,17H2,1-3H3. The minimum absolute atomic E-state index is 0.0246. The molecular weight excluding hydrogens is 536 g/mol. The van der Waals surface area contributed by atoms with E-state index < -0.39 is 23.0 Å². The number of hydrogen-bond acceptors (Lipinski definition) is 7. The zero-order chi connectivity index (χ0) is 28.4. The molecule has 0 saturated heterocycles. The second-order valence-corrected chi connectivity index (χ2v) is 9.77. The Hall–Kier alpha value is -4.70. The van der Waals surface area contributed by atoms with Crippen LogP contribution in [0, 0.1) is 0 Å². The van der Waals surface area contributed by atoms with E-state index in [1.807, 2.05) is 0 Å². The van der Waals surface area contributed by atoms with Gasteiger partial charge in [-0.3, -0.25) is 14.0 Å². The number of benzene rings is 1. The van der Waals surface area contributed by atoms with Crippen LogP contribution in [0.3, 0.4) is 0 Å². The Kier molecular flexibility index (Phi) is 7.27. The molecule has 1 amide bonds. The van der Waals surface area contributed by atoms with E-state index >= 15 is 0 Å². The van der Waals surface area contributed by atoms with Gasteiger partial charge < -0.3 is 18.5 Å². The summed E-state index contributed by atoms with van der Waals surface area (Å²) in [6, 6.07) is 16.5. The van der Waals surface area contributed by atoms with Crippen LogP contribution in [0.4, 0.5) is 0 Å². The number of pyridine rings is 2. The van der Waals surface area contributed by atoms with Gasteiger partial charge in [0.25, 0.3) is 11.5 Å². The van der Waals surface area contributed by atoms with Crippen LogP contribution in [-0.2, 0) is 16.1 Å². The molecule has 204 valence electrons. The highest BCUT2D eigenvalue weighted by Crippen LogP contribution is 2.22. The van der Waals surface area contributed by atoms with Crippen molar-refractivity contribution in [1.82, 2.24) is 14.0 Å². The summed E-state index contributed by atoms with van der Waals surface area (Å²) in [6.45, 7) is 4.88. The molecule has 40 heavy (non-hydrogen) atoms. The van der Waals surface area contributed by atoms with E-state index in [4.69, 9.17) is 25.5 Å². The Balaban J connectivity index is 1.79. The predicted molar refractivity (Wildman–Crippen MR) is 147 cm³/mol. The minimum Gasteiger partial charge on any atom is -0.478 e. The van der Waals surface area contributed by atoms with E-state index in [-0.39, 0.29) is 35.2 Å². The van der Waals surface area contributed by atoms with E-state index in [0.29, 0.717) is 22.2 Å². The molecular formula is C29H25ClN4O6. The van der Waals surface area contributed by atoms with Crippen molar-refractivity contribution in [1.29, 1.82) is 0 Å². The average molecular weight is 561 g/mol. The highest BCUT2D eigenvalue weighted by atomic mass is 35.5. The Bertz CT molecular complexity index is 1850. The fourth-order valence-corrected chi connectivity index (χ4v) is 4.26. The number of carbonyl (C=O) groups excluding carboxylic acids is 2. The molecule has 11 heteroatoms. The van der Waals surface area contributed by atoms with Gasteiger partial charge in [0.05, 0.1) is 24.8 Å². The normalized spacial score (nSPS) is 12.2. The summed E-state index contributed by atoms with van der Waals surface area (Å²) in [5.41, 5.74) is -1.38. The van der Waals surface area contributed by atoms with Gasteiger partial charge in [-0.25, -0.2) is 9.78 Å². The van der Waals surface area contributed by atoms with Crippen LogP contribution in [0.2, 0.25) is 5.02 Å². The van der Waals surface area contributed by atoms with Crippen LogP contribution in [0.5, 0.6) is 5.75 Å². The second kappa shape index (κ2) is 10.8.